The lowest BCUT2D eigenvalue weighted by atomic mass is 10.0. The Bertz CT molecular complexity index is 932. The predicted molar refractivity (Wildman–Crippen MR) is 107 cm³/mol. The van der Waals surface area contributed by atoms with Crippen LogP contribution in [-0.2, 0) is 6.42 Å². The van der Waals surface area contributed by atoms with Crippen LogP contribution in [0.4, 0.5) is 4.39 Å². The lowest BCUT2D eigenvalue weighted by Gasteiger charge is -2.13. The Morgan fingerprint density at radius 3 is 2.48 bits per heavy atom. The molecule has 0 bridgehead atoms. The van der Waals surface area contributed by atoms with Crippen LogP contribution in [0.3, 0.4) is 0 Å². The number of nitrogens with zero attached hydrogens (tertiary/aromatic N) is 2. The molecular formula is C20H21FN2O2S2. The SMILES string of the molecule is Cc1cnc(-c2nc(C(=O)CCc3ccc(F)cc3)c(C(O)C(C)C)s2)s1. The molecule has 142 valence electrons. The number of aryl methyl sites for hydroxylation is 2. The van der Waals surface area contributed by atoms with Crippen molar-refractivity contribution in [2.45, 2.75) is 39.7 Å². The van der Waals surface area contributed by atoms with Crippen LogP contribution in [0.25, 0.3) is 10.0 Å². The summed E-state index contributed by atoms with van der Waals surface area (Å²) in [6.07, 6.45) is 1.78. The highest BCUT2D eigenvalue weighted by Gasteiger charge is 2.26. The molecule has 2 heterocycles. The van der Waals surface area contributed by atoms with Gasteiger partial charge in [0.25, 0.3) is 0 Å². The van der Waals surface area contributed by atoms with E-state index < -0.39 is 6.10 Å². The van der Waals surface area contributed by atoms with Gasteiger partial charge in [-0.1, -0.05) is 26.0 Å². The number of aliphatic hydroxyl groups excluding tert-OH is 1. The first kappa shape index (κ1) is 19.8. The van der Waals surface area contributed by atoms with Gasteiger partial charge in [-0.05, 0) is 37.0 Å². The van der Waals surface area contributed by atoms with Crippen LogP contribution in [0.5, 0.6) is 0 Å². The Morgan fingerprint density at radius 1 is 1.19 bits per heavy atom. The fraction of sp³-hybridized carbons (Fsp3) is 0.350. The van der Waals surface area contributed by atoms with E-state index in [4.69, 9.17) is 0 Å². The number of hydrogen-bond acceptors (Lipinski definition) is 6. The highest BCUT2D eigenvalue weighted by atomic mass is 32.1. The van der Waals surface area contributed by atoms with Crippen molar-refractivity contribution in [1.29, 1.82) is 0 Å². The molecule has 7 heteroatoms. The second kappa shape index (κ2) is 8.37. The van der Waals surface area contributed by atoms with Crippen molar-refractivity contribution >= 4 is 28.5 Å². The van der Waals surface area contributed by atoms with Gasteiger partial charge in [-0.25, -0.2) is 14.4 Å². The minimum absolute atomic E-state index is 0.0278. The summed E-state index contributed by atoms with van der Waals surface area (Å²) in [7, 11) is 0. The van der Waals surface area contributed by atoms with Crippen molar-refractivity contribution in [2.24, 2.45) is 5.92 Å². The zero-order chi connectivity index (χ0) is 19.6. The monoisotopic (exact) mass is 404 g/mol. The lowest BCUT2D eigenvalue weighted by molar-refractivity contribution is 0.0961. The first-order valence-corrected chi connectivity index (χ1v) is 10.4. The van der Waals surface area contributed by atoms with Crippen molar-refractivity contribution in [3.05, 3.63) is 57.3 Å². The number of thiazole rings is 2. The Hall–Kier alpha value is -1.96. The number of rotatable bonds is 7. The molecule has 1 N–H and O–H groups in total. The first-order chi connectivity index (χ1) is 12.8. The number of carbonyl (C=O) groups excluding carboxylic acids is 1. The molecule has 4 nitrogen and oxygen atoms in total. The summed E-state index contributed by atoms with van der Waals surface area (Å²) in [4.78, 5) is 23.3. The number of aromatic nitrogens is 2. The van der Waals surface area contributed by atoms with E-state index in [1.165, 1.54) is 34.8 Å². The van der Waals surface area contributed by atoms with Crippen LogP contribution < -0.4 is 0 Å². The molecule has 3 rings (SSSR count). The molecule has 0 radical (unpaired) electrons. The van der Waals surface area contributed by atoms with Gasteiger partial charge in [-0.2, -0.15) is 0 Å². The van der Waals surface area contributed by atoms with Gasteiger partial charge < -0.3 is 5.11 Å². The lowest BCUT2D eigenvalue weighted by Crippen LogP contribution is -2.11. The number of ketones is 1. The Labute approximate surface area is 165 Å². The van der Waals surface area contributed by atoms with Gasteiger partial charge in [0, 0.05) is 17.5 Å². The largest absolute Gasteiger partial charge is 0.387 e. The average molecular weight is 405 g/mol. The van der Waals surface area contributed by atoms with Crippen molar-refractivity contribution < 1.29 is 14.3 Å². The van der Waals surface area contributed by atoms with E-state index >= 15 is 0 Å². The third-order valence-electron chi connectivity index (χ3n) is 4.18. The van der Waals surface area contributed by atoms with E-state index in [2.05, 4.69) is 9.97 Å². The van der Waals surface area contributed by atoms with E-state index in [0.717, 1.165) is 15.4 Å². The van der Waals surface area contributed by atoms with Crippen LogP contribution in [0, 0.1) is 18.7 Å². The Morgan fingerprint density at radius 2 is 1.89 bits per heavy atom. The second-order valence-corrected chi connectivity index (χ2v) is 9.01. The molecule has 0 amide bonds. The summed E-state index contributed by atoms with van der Waals surface area (Å²) in [5, 5.41) is 12.0. The van der Waals surface area contributed by atoms with Crippen LogP contribution in [-0.4, -0.2) is 20.9 Å². The zero-order valence-corrected chi connectivity index (χ0v) is 17.0. The van der Waals surface area contributed by atoms with Gasteiger partial charge in [0.1, 0.15) is 11.5 Å². The summed E-state index contributed by atoms with van der Waals surface area (Å²) >= 11 is 2.85. The molecule has 0 saturated heterocycles. The first-order valence-electron chi connectivity index (χ1n) is 8.74. The summed E-state index contributed by atoms with van der Waals surface area (Å²) in [6.45, 7) is 5.78. The summed E-state index contributed by atoms with van der Waals surface area (Å²) in [5.74, 6) is -0.444. The molecule has 0 saturated carbocycles. The third-order valence-corrected chi connectivity index (χ3v) is 6.36. The Kier molecular flexibility index (Phi) is 6.14. The van der Waals surface area contributed by atoms with E-state index in [1.54, 1.807) is 18.3 Å². The normalized spacial score (nSPS) is 12.5. The van der Waals surface area contributed by atoms with Crippen LogP contribution in [0.1, 0.15) is 52.2 Å². The van der Waals surface area contributed by atoms with Crippen LogP contribution in [0.2, 0.25) is 0 Å². The minimum Gasteiger partial charge on any atom is -0.387 e. The quantitative estimate of drug-likeness (QED) is 0.549. The van der Waals surface area contributed by atoms with E-state index in [-0.39, 0.29) is 23.9 Å². The Balaban J connectivity index is 1.86. The third kappa shape index (κ3) is 4.66. The van der Waals surface area contributed by atoms with Crippen molar-refractivity contribution in [1.82, 2.24) is 9.97 Å². The molecule has 2 aromatic heterocycles. The standard InChI is InChI=1S/C20H21FN2O2S2/c1-11(2)17(25)18-16(23-20(27-18)19-22-10-12(3)26-19)15(24)9-6-13-4-7-14(21)8-5-13/h4-5,7-8,10-11,17,25H,6,9H2,1-3H3. The number of halogens is 1. The maximum atomic E-state index is 13.0. The molecule has 27 heavy (non-hydrogen) atoms. The van der Waals surface area contributed by atoms with E-state index in [1.807, 2.05) is 20.8 Å². The molecular weight excluding hydrogens is 383 g/mol. The highest BCUT2D eigenvalue weighted by Crippen LogP contribution is 2.37. The van der Waals surface area contributed by atoms with Crippen LogP contribution >= 0.6 is 22.7 Å². The van der Waals surface area contributed by atoms with Gasteiger partial charge in [-0.15, -0.1) is 22.7 Å². The molecule has 0 aliphatic heterocycles. The molecule has 1 aromatic carbocycles. The summed E-state index contributed by atoms with van der Waals surface area (Å²) in [5.41, 5.74) is 1.22. The molecule has 1 atom stereocenters. The molecule has 1 unspecified atom stereocenters. The maximum Gasteiger partial charge on any atom is 0.182 e. The number of hydrogen-bond donors (Lipinski definition) is 1. The fourth-order valence-corrected chi connectivity index (χ4v) is 4.64. The summed E-state index contributed by atoms with van der Waals surface area (Å²) in [6, 6.07) is 6.13. The maximum absolute atomic E-state index is 13.0. The van der Waals surface area contributed by atoms with E-state index in [9.17, 15) is 14.3 Å². The molecule has 0 aliphatic carbocycles. The van der Waals surface area contributed by atoms with Crippen molar-refractivity contribution in [2.75, 3.05) is 0 Å². The molecule has 0 spiro atoms. The fourth-order valence-electron chi connectivity index (χ4n) is 2.61. The van der Waals surface area contributed by atoms with Gasteiger partial charge in [0.05, 0.1) is 11.0 Å². The number of aliphatic hydroxyl groups is 1. The molecule has 0 aliphatic rings. The molecule has 0 fully saturated rings. The van der Waals surface area contributed by atoms with Crippen LogP contribution in [0.15, 0.2) is 30.5 Å². The second-order valence-electron chi connectivity index (χ2n) is 6.75. The zero-order valence-electron chi connectivity index (χ0n) is 15.4. The topological polar surface area (TPSA) is 63.1 Å². The van der Waals surface area contributed by atoms with Gasteiger partial charge in [0.2, 0.25) is 0 Å². The summed E-state index contributed by atoms with van der Waals surface area (Å²) < 4.78 is 13.0. The molecule has 3 aromatic rings. The van der Waals surface area contributed by atoms with Crippen molar-refractivity contribution in [3.63, 3.8) is 0 Å². The van der Waals surface area contributed by atoms with Crippen molar-refractivity contribution in [3.8, 4) is 10.0 Å². The van der Waals surface area contributed by atoms with Gasteiger partial charge in [0.15, 0.2) is 15.8 Å². The predicted octanol–water partition coefficient (Wildman–Crippen LogP) is 5.22. The highest BCUT2D eigenvalue weighted by molar-refractivity contribution is 7.21. The number of carbonyl (C=O) groups is 1. The number of Topliss-reactive ketones (excluding diaryl/α,β-unsaturated/α-hetero) is 1. The van der Waals surface area contributed by atoms with Gasteiger partial charge in [-0.3, -0.25) is 4.79 Å². The average Bonchev–Trinajstić information content (AvgIpc) is 3.26. The van der Waals surface area contributed by atoms with Gasteiger partial charge >= 0.3 is 0 Å². The minimum atomic E-state index is -0.748. The number of benzene rings is 1. The van der Waals surface area contributed by atoms with E-state index in [0.29, 0.717) is 22.0 Å². The smallest absolute Gasteiger partial charge is 0.182 e.